The second-order valence-corrected chi connectivity index (χ2v) is 4.52. The highest BCUT2D eigenvalue weighted by molar-refractivity contribution is 5.98. The molecule has 0 atom stereocenters. The Labute approximate surface area is 122 Å². The number of nitrogens with zero attached hydrogens (tertiary/aromatic N) is 3. The van der Waals surface area contributed by atoms with E-state index in [1.807, 2.05) is 6.07 Å². The van der Waals surface area contributed by atoms with Gasteiger partial charge in [-0.15, -0.1) is 0 Å². The highest BCUT2D eigenvalue weighted by Gasteiger charge is 2.16. The zero-order valence-corrected chi connectivity index (χ0v) is 11.6. The number of nitrogens with one attached hydrogen (secondary N) is 1. The Bertz CT molecular complexity index is 692. The van der Waals surface area contributed by atoms with Crippen LogP contribution >= 0.6 is 0 Å². The predicted octanol–water partition coefficient (Wildman–Crippen LogP) is 1.51. The molecule has 0 unspecified atom stereocenters. The third-order valence-corrected chi connectivity index (χ3v) is 3.00. The van der Waals surface area contributed by atoms with E-state index in [1.165, 1.54) is 0 Å². The van der Waals surface area contributed by atoms with E-state index in [1.54, 1.807) is 48.5 Å². The summed E-state index contributed by atoms with van der Waals surface area (Å²) in [6.07, 6.45) is 1.56. The number of hydrogen-bond acceptors (Lipinski definition) is 5. The first-order chi connectivity index (χ1) is 10.2. The fraction of sp³-hybridized carbons (Fsp3) is 0.133. The number of nitriles is 1. The van der Waals surface area contributed by atoms with Gasteiger partial charge in [-0.3, -0.25) is 4.79 Å². The van der Waals surface area contributed by atoms with Crippen LogP contribution in [0.15, 0.2) is 42.6 Å². The summed E-state index contributed by atoms with van der Waals surface area (Å²) in [7, 11) is 1.69. The summed E-state index contributed by atoms with van der Waals surface area (Å²) in [5, 5.41) is 8.89. The van der Waals surface area contributed by atoms with E-state index < -0.39 is 0 Å². The van der Waals surface area contributed by atoms with Gasteiger partial charge in [0.25, 0.3) is 5.91 Å². The van der Waals surface area contributed by atoms with Crippen LogP contribution in [-0.4, -0.2) is 22.8 Å². The molecule has 0 spiro atoms. The lowest BCUT2D eigenvalue weighted by Gasteiger charge is -2.18. The molecule has 1 amide bonds. The fourth-order valence-corrected chi connectivity index (χ4v) is 1.98. The molecule has 1 aromatic heterocycles. The smallest absolute Gasteiger partial charge is 0.257 e. The van der Waals surface area contributed by atoms with E-state index in [2.05, 4.69) is 16.5 Å². The van der Waals surface area contributed by atoms with E-state index >= 15 is 0 Å². The zero-order valence-electron chi connectivity index (χ0n) is 11.6. The van der Waals surface area contributed by atoms with E-state index in [0.717, 1.165) is 5.56 Å². The van der Waals surface area contributed by atoms with Crippen molar-refractivity contribution in [2.24, 2.45) is 5.84 Å². The molecule has 6 nitrogen and oxygen atoms in total. The van der Waals surface area contributed by atoms with Gasteiger partial charge in [0.05, 0.1) is 17.2 Å². The normalized spacial score (nSPS) is 9.76. The second kappa shape index (κ2) is 6.50. The van der Waals surface area contributed by atoms with Crippen LogP contribution < -0.4 is 11.3 Å². The predicted molar refractivity (Wildman–Crippen MR) is 79.0 cm³/mol. The lowest BCUT2D eigenvalue weighted by Crippen LogP contribution is -2.28. The number of hydrazine groups is 1. The van der Waals surface area contributed by atoms with E-state index in [-0.39, 0.29) is 5.91 Å². The molecule has 106 valence electrons. The van der Waals surface area contributed by atoms with Gasteiger partial charge in [-0.2, -0.15) is 5.26 Å². The minimum absolute atomic E-state index is 0.196. The van der Waals surface area contributed by atoms with Crippen molar-refractivity contribution in [2.75, 3.05) is 12.5 Å². The summed E-state index contributed by atoms with van der Waals surface area (Å²) in [5.41, 5.74) is 4.27. The molecule has 0 aliphatic carbocycles. The maximum Gasteiger partial charge on any atom is 0.257 e. The van der Waals surface area contributed by atoms with Gasteiger partial charge in [0.1, 0.15) is 0 Å². The molecule has 0 saturated heterocycles. The van der Waals surface area contributed by atoms with Crippen molar-refractivity contribution in [1.82, 2.24) is 9.88 Å². The molecule has 1 aromatic carbocycles. The average molecular weight is 281 g/mol. The Morgan fingerprint density at radius 1 is 1.43 bits per heavy atom. The van der Waals surface area contributed by atoms with Crippen LogP contribution in [0.25, 0.3) is 0 Å². The lowest BCUT2D eigenvalue weighted by molar-refractivity contribution is 0.0785. The fourth-order valence-electron chi connectivity index (χ4n) is 1.98. The van der Waals surface area contributed by atoms with Gasteiger partial charge in [-0.05, 0) is 29.8 Å². The topological polar surface area (TPSA) is 95.0 Å². The van der Waals surface area contributed by atoms with Crippen molar-refractivity contribution in [2.45, 2.75) is 6.54 Å². The summed E-state index contributed by atoms with van der Waals surface area (Å²) in [6, 6.07) is 12.6. The molecule has 0 aliphatic rings. The first-order valence-electron chi connectivity index (χ1n) is 6.32. The molecule has 6 heteroatoms. The highest BCUT2D eigenvalue weighted by Crippen LogP contribution is 2.14. The molecule has 1 heterocycles. The van der Waals surface area contributed by atoms with Gasteiger partial charge in [-0.1, -0.05) is 12.1 Å². The Hall–Kier alpha value is -2.91. The number of pyridine rings is 1. The second-order valence-electron chi connectivity index (χ2n) is 4.52. The number of carbonyl (C=O) groups is 1. The zero-order chi connectivity index (χ0) is 15.2. The molecule has 0 saturated carbocycles. The van der Waals surface area contributed by atoms with Crippen LogP contribution in [0, 0.1) is 11.3 Å². The standard InChI is InChI=1S/C15H15N5O/c1-20(10-12-5-2-4-11(8-12)9-16)15(21)13-6-3-7-18-14(13)19-17/h2-8H,10,17H2,1H3,(H,18,19). The van der Waals surface area contributed by atoms with Crippen LogP contribution in [0.1, 0.15) is 21.5 Å². The average Bonchev–Trinajstić information content (AvgIpc) is 2.54. The summed E-state index contributed by atoms with van der Waals surface area (Å²) in [5.74, 6) is 5.50. The Kier molecular flexibility index (Phi) is 4.49. The van der Waals surface area contributed by atoms with Gasteiger partial charge in [-0.25, -0.2) is 10.8 Å². The van der Waals surface area contributed by atoms with Gasteiger partial charge < -0.3 is 10.3 Å². The molecule has 2 aromatic rings. The minimum atomic E-state index is -0.196. The molecule has 21 heavy (non-hydrogen) atoms. The molecule has 3 N–H and O–H groups in total. The number of aromatic nitrogens is 1. The maximum absolute atomic E-state index is 12.4. The lowest BCUT2D eigenvalue weighted by atomic mass is 10.1. The molecule has 0 aliphatic heterocycles. The van der Waals surface area contributed by atoms with Crippen LogP contribution in [0.5, 0.6) is 0 Å². The minimum Gasteiger partial charge on any atom is -0.337 e. The number of nitrogens with two attached hydrogens (primary N) is 1. The summed E-state index contributed by atoms with van der Waals surface area (Å²) >= 11 is 0. The molecular weight excluding hydrogens is 266 g/mol. The molecular formula is C15H15N5O. The van der Waals surface area contributed by atoms with Crippen molar-refractivity contribution >= 4 is 11.7 Å². The molecule has 0 bridgehead atoms. The number of rotatable bonds is 4. The van der Waals surface area contributed by atoms with E-state index in [0.29, 0.717) is 23.5 Å². The van der Waals surface area contributed by atoms with Gasteiger partial charge >= 0.3 is 0 Å². The monoisotopic (exact) mass is 281 g/mol. The van der Waals surface area contributed by atoms with Crippen molar-refractivity contribution in [3.05, 3.63) is 59.3 Å². The quantitative estimate of drug-likeness (QED) is 0.654. The van der Waals surface area contributed by atoms with Crippen LogP contribution in [0.3, 0.4) is 0 Å². The number of nitrogen functional groups attached to an aromatic ring is 1. The largest absolute Gasteiger partial charge is 0.337 e. The Morgan fingerprint density at radius 3 is 2.95 bits per heavy atom. The third kappa shape index (κ3) is 3.35. The van der Waals surface area contributed by atoms with Crippen molar-refractivity contribution in [3.63, 3.8) is 0 Å². The van der Waals surface area contributed by atoms with Crippen molar-refractivity contribution < 1.29 is 4.79 Å². The highest BCUT2D eigenvalue weighted by atomic mass is 16.2. The number of carbonyl (C=O) groups excluding carboxylic acids is 1. The van der Waals surface area contributed by atoms with Crippen LogP contribution in [-0.2, 0) is 6.54 Å². The SMILES string of the molecule is CN(Cc1cccc(C#N)c1)C(=O)c1cccnc1NN. The summed E-state index contributed by atoms with van der Waals surface area (Å²) in [6.45, 7) is 0.396. The van der Waals surface area contributed by atoms with Crippen LogP contribution in [0.2, 0.25) is 0 Å². The molecule has 2 rings (SSSR count). The molecule has 0 fully saturated rings. The first-order valence-corrected chi connectivity index (χ1v) is 6.32. The van der Waals surface area contributed by atoms with Gasteiger partial charge in [0.15, 0.2) is 5.82 Å². The van der Waals surface area contributed by atoms with Crippen molar-refractivity contribution in [1.29, 1.82) is 5.26 Å². The number of hydrogen-bond donors (Lipinski definition) is 2. The van der Waals surface area contributed by atoms with Gasteiger partial charge in [0, 0.05) is 19.8 Å². The maximum atomic E-state index is 12.4. The Balaban J connectivity index is 2.18. The van der Waals surface area contributed by atoms with E-state index in [4.69, 9.17) is 11.1 Å². The number of benzene rings is 1. The van der Waals surface area contributed by atoms with E-state index in [9.17, 15) is 4.79 Å². The Morgan fingerprint density at radius 2 is 2.24 bits per heavy atom. The number of anilines is 1. The molecule has 0 radical (unpaired) electrons. The third-order valence-electron chi connectivity index (χ3n) is 3.00. The van der Waals surface area contributed by atoms with Crippen LogP contribution in [0.4, 0.5) is 5.82 Å². The van der Waals surface area contributed by atoms with Gasteiger partial charge in [0.2, 0.25) is 0 Å². The number of amides is 1. The summed E-state index contributed by atoms with van der Waals surface area (Å²) < 4.78 is 0. The first kappa shape index (κ1) is 14.5. The summed E-state index contributed by atoms with van der Waals surface area (Å²) in [4.78, 5) is 18.0. The van der Waals surface area contributed by atoms with Crippen molar-refractivity contribution in [3.8, 4) is 6.07 Å².